The van der Waals surface area contributed by atoms with Gasteiger partial charge in [0.15, 0.2) is 0 Å². The number of nitrogens with one attached hydrogen (secondary N) is 1. The summed E-state index contributed by atoms with van der Waals surface area (Å²) in [6, 6.07) is 17.7. The number of rotatable bonds is 2. The maximum Gasteiger partial charge on any atom is 0.203 e. The van der Waals surface area contributed by atoms with Crippen LogP contribution >= 0.6 is 11.6 Å². The van der Waals surface area contributed by atoms with Crippen molar-refractivity contribution < 1.29 is 0 Å². The molecule has 0 aliphatic carbocycles. The summed E-state index contributed by atoms with van der Waals surface area (Å²) < 4.78 is 2.02. The van der Waals surface area contributed by atoms with E-state index in [-0.39, 0.29) is 0 Å². The van der Waals surface area contributed by atoms with Gasteiger partial charge in [0.25, 0.3) is 0 Å². The molecule has 0 radical (unpaired) electrons. The van der Waals surface area contributed by atoms with Gasteiger partial charge in [-0.15, -0.1) is 0 Å². The number of hydrogen-bond donors (Lipinski definition) is 1. The molecule has 4 aromatic rings. The van der Waals surface area contributed by atoms with Gasteiger partial charge in [-0.2, -0.15) is 0 Å². The van der Waals surface area contributed by atoms with Crippen LogP contribution in [0.25, 0.3) is 22.2 Å². The van der Waals surface area contributed by atoms with E-state index in [2.05, 4.69) is 27.1 Å². The molecule has 0 spiro atoms. The molecule has 0 saturated carbocycles. The Balaban J connectivity index is 1.58. The van der Waals surface area contributed by atoms with Gasteiger partial charge in [0.05, 0.1) is 11.0 Å². The second-order valence-electron chi connectivity index (χ2n) is 6.14. The van der Waals surface area contributed by atoms with Gasteiger partial charge in [-0.3, -0.25) is 0 Å². The normalized spacial score (nSPS) is 10.5. The molecule has 1 N–H and O–H groups in total. The quantitative estimate of drug-likeness (QED) is 0.517. The zero-order chi connectivity index (χ0) is 18.8. The molecule has 0 atom stereocenters. The average Bonchev–Trinajstić information content (AvgIpc) is 3.03. The van der Waals surface area contributed by atoms with Gasteiger partial charge in [0, 0.05) is 36.4 Å². The Morgan fingerprint density at radius 2 is 1.74 bits per heavy atom. The molecular formula is C22H17ClN4. The first-order valence-electron chi connectivity index (χ1n) is 8.52. The van der Waals surface area contributed by atoms with Crippen molar-refractivity contribution in [1.29, 1.82) is 0 Å². The van der Waals surface area contributed by atoms with E-state index in [1.807, 2.05) is 79.5 Å². The molecule has 132 valence electrons. The van der Waals surface area contributed by atoms with Crippen molar-refractivity contribution in [2.75, 3.05) is 12.4 Å². The maximum absolute atomic E-state index is 5.94. The number of imidazole rings is 1. The molecule has 0 bridgehead atoms. The first kappa shape index (κ1) is 17.1. The number of aryl methyl sites for hydroxylation is 1. The second kappa shape index (κ2) is 7.14. The third-order valence-electron chi connectivity index (χ3n) is 4.38. The Morgan fingerprint density at radius 3 is 2.44 bits per heavy atom. The van der Waals surface area contributed by atoms with Crippen molar-refractivity contribution in [2.45, 2.75) is 0 Å². The van der Waals surface area contributed by atoms with E-state index in [4.69, 9.17) is 11.6 Å². The van der Waals surface area contributed by atoms with Crippen LogP contribution in [0.1, 0.15) is 11.3 Å². The Hall–Kier alpha value is -3.29. The topological polar surface area (TPSA) is 42.7 Å². The van der Waals surface area contributed by atoms with Crippen molar-refractivity contribution in [3.63, 3.8) is 0 Å². The molecule has 2 aromatic carbocycles. The summed E-state index contributed by atoms with van der Waals surface area (Å²) >= 11 is 5.94. The summed E-state index contributed by atoms with van der Waals surface area (Å²) in [5.74, 6) is 7.11. The smallest absolute Gasteiger partial charge is 0.203 e. The van der Waals surface area contributed by atoms with Gasteiger partial charge in [-0.1, -0.05) is 35.7 Å². The Kier molecular flexibility index (Phi) is 4.53. The Bertz CT molecular complexity index is 1160. The minimum atomic E-state index is 0.723. The van der Waals surface area contributed by atoms with Crippen LogP contribution in [0, 0.1) is 11.8 Å². The molecule has 0 unspecified atom stereocenters. The van der Waals surface area contributed by atoms with Crippen molar-refractivity contribution in [3.05, 3.63) is 77.1 Å². The van der Waals surface area contributed by atoms with Gasteiger partial charge < -0.3 is 9.88 Å². The number of fused-ring (bicyclic) bond motifs is 1. The molecule has 0 fully saturated rings. The lowest BCUT2D eigenvalue weighted by atomic mass is 10.1. The molecule has 5 heteroatoms. The lowest BCUT2D eigenvalue weighted by Crippen LogP contribution is -1.97. The molecular weight excluding hydrogens is 356 g/mol. The number of aromatic nitrogens is 3. The SMILES string of the molecule is CNc1nc2cc(C#Cc3ccc(-c4ccc(Cl)cc4)cn3)ccc2n1C. The standard InChI is InChI=1S/C22H17ClN4/c1-24-22-26-20-13-15(4-12-21(20)27(22)2)3-10-19-11-7-17(14-25-19)16-5-8-18(23)9-6-16/h4-9,11-14H,1-2H3,(H,24,26). The van der Waals surface area contributed by atoms with E-state index in [0.29, 0.717) is 0 Å². The summed E-state index contributed by atoms with van der Waals surface area (Å²) in [5, 5.41) is 3.81. The summed E-state index contributed by atoms with van der Waals surface area (Å²) in [6.07, 6.45) is 1.83. The fourth-order valence-electron chi connectivity index (χ4n) is 2.92. The van der Waals surface area contributed by atoms with Gasteiger partial charge >= 0.3 is 0 Å². The highest BCUT2D eigenvalue weighted by molar-refractivity contribution is 6.30. The summed E-state index contributed by atoms with van der Waals surface area (Å²) in [6.45, 7) is 0. The Morgan fingerprint density at radius 1 is 0.963 bits per heavy atom. The molecule has 2 heterocycles. The molecule has 4 nitrogen and oxygen atoms in total. The van der Waals surface area contributed by atoms with Gasteiger partial charge in [-0.05, 0) is 47.9 Å². The van der Waals surface area contributed by atoms with Crippen LogP contribution in [0.15, 0.2) is 60.8 Å². The first-order chi connectivity index (χ1) is 13.1. The lowest BCUT2D eigenvalue weighted by molar-refractivity contribution is 0.952. The van der Waals surface area contributed by atoms with E-state index >= 15 is 0 Å². The molecule has 0 saturated heterocycles. The minimum Gasteiger partial charge on any atom is -0.359 e. The van der Waals surface area contributed by atoms with E-state index in [1.54, 1.807) is 0 Å². The second-order valence-corrected chi connectivity index (χ2v) is 6.57. The van der Waals surface area contributed by atoms with Crippen LogP contribution in [0.5, 0.6) is 0 Å². The van der Waals surface area contributed by atoms with Crippen molar-refractivity contribution in [3.8, 4) is 23.0 Å². The van der Waals surface area contributed by atoms with Crippen molar-refractivity contribution in [1.82, 2.24) is 14.5 Å². The number of benzene rings is 2. The molecule has 2 aromatic heterocycles. The predicted octanol–water partition coefficient (Wildman–Crippen LogP) is 4.73. The fourth-order valence-corrected chi connectivity index (χ4v) is 3.04. The number of halogens is 1. The van der Waals surface area contributed by atoms with Crippen LogP contribution in [-0.4, -0.2) is 21.6 Å². The predicted molar refractivity (Wildman–Crippen MR) is 111 cm³/mol. The number of hydrogen-bond acceptors (Lipinski definition) is 3. The monoisotopic (exact) mass is 372 g/mol. The van der Waals surface area contributed by atoms with Crippen LogP contribution in [-0.2, 0) is 7.05 Å². The fraction of sp³-hybridized carbons (Fsp3) is 0.0909. The summed E-state index contributed by atoms with van der Waals surface area (Å²) in [4.78, 5) is 9.01. The van der Waals surface area contributed by atoms with Crippen molar-refractivity contribution >= 4 is 28.6 Å². The molecule has 0 amide bonds. The van der Waals surface area contributed by atoms with E-state index in [9.17, 15) is 0 Å². The average molecular weight is 373 g/mol. The molecule has 27 heavy (non-hydrogen) atoms. The summed E-state index contributed by atoms with van der Waals surface area (Å²) in [5.41, 5.74) is 5.73. The van der Waals surface area contributed by atoms with Crippen LogP contribution in [0.2, 0.25) is 5.02 Å². The highest BCUT2D eigenvalue weighted by Gasteiger charge is 2.06. The van der Waals surface area contributed by atoms with Crippen LogP contribution in [0.3, 0.4) is 0 Å². The number of nitrogens with zero attached hydrogens (tertiary/aromatic N) is 3. The molecule has 4 rings (SSSR count). The minimum absolute atomic E-state index is 0.723. The molecule has 0 aliphatic heterocycles. The number of pyridine rings is 1. The first-order valence-corrected chi connectivity index (χ1v) is 8.90. The van der Waals surface area contributed by atoms with Gasteiger partial charge in [0.1, 0.15) is 5.69 Å². The van der Waals surface area contributed by atoms with E-state index < -0.39 is 0 Å². The Labute approximate surface area is 162 Å². The van der Waals surface area contributed by atoms with Gasteiger partial charge in [-0.25, -0.2) is 9.97 Å². The number of anilines is 1. The van der Waals surface area contributed by atoms with E-state index in [0.717, 1.165) is 44.4 Å². The van der Waals surface area contributed by atoms with Gasteiger partial charge in [0.2, 0.25) is 5.95 Å². The third kappa shape index (κ3) is 3.51. The van der Waals surface area contributed by atoms with Crippen LogP contribution in [0.4, 0.5) is 5.95 Å². The lowest BCUT2D eigenvalue weighted by Gasteiger charge is -2.01. The van der Waals surface area contributed by atoms with Crippen molar-refractivity contribution in [2.24, 2.45) is 7.05 Å². The highest BCUT2D eigenvalue weighted by Crippen LogP contribution is 2.21. The summed E-state index contributed by atoms with van der Waals surface area (Å²) in [7, 11) is 3.85. The van der Waals surface area contributed by atoms with E-state index in [1.165, 1.54) is 0 Å². The highest BCUT2D eigenvalue weighted by atomic mass is 35.5. The maximum atomic E-state index is 5.94. The molecule has 0 aliphatic rings. The van der Waals surface area contributed by atoms with Crippen LogP contribution < -0.4 is 5.32 Å². The largest absolute Gasteiger partial charge is 0.359 e. The zero-order valence-corrected chi connectivity index (χ0v) is 15.7. The zero-order valence-electron chi connectivity index (χ0n) is 15.0. The third-order valence-corrected chi connectivity index (χ3v) is 4.63.